The van der Waals surface area contributed by atoms with Crippen molar-refractivity contribution < 1.29 is 14.3 Å². The summed E-state index contributed by atoms with van der Waals surface area (Å²) in [5, 5.41) is 1.07. The maximum absolute atomic E-state index is 12.9. The molecule has 5 nitrogen and oxygen atoms in total. The van der Waals surface area contributed by atoms with Gasteiger partial charge in [0.25, 0.3) is 5.91 Å². The number of aryl methyl sites for hydroxylation is 2. The quantitative estimate of drug-likeness (QED) is 0.825. The normalized spacial score (nSPS) is 11.1. The Balaban J connectivity index is 2.27. The van der Waals surface area contributed by atoms with E-state index in [0.29, 0.717) is 24.6 Å². The van der Waals surface area contributed by atoms with E-state index in [0.717, 1.165) is 22.2 Å². The summed E-state index contributed by atoms with van der Waals surface area (Å²) in [5.41, 5.74) is 3.95. The summed E-state index contributed by atoms with van der Waals surface area (Å²) in [6, 6.07) is 5.71. The van der Waals surface area contributed by atoms with E-state index in [9.17, 15) is 9.59 Å². The number of aromatic nitrogens is 1. The first-order valence-electron chi connectivity index (χ1n) is 8.28. The van der Waals surface area contributed by atoms with Gasteiger partial charge >= 0.3 is 5.97 Å². The second-order valence-electron chi connectivity index (χ2n) is 6.61. The number of ether oxygens (including phenoxy) is 1. The molecular weight excluding hydrogens is 304 g/mol. The molecule has 0 saturated heterocycles. The molecule has 0 saturated carbocycles. The zero-order valence-corrected chi connectivity index (χ0v) is 15.1. The minimum absolute atomic E-state index is 0.0484. The highest BCUT2D eigenvalue weighted by atomic mass is 16.5. The van der Waals surface area contributed by atoms with Crippen LogP contribution in [-0.2, 0) is 9.53 Å². The van der Waals surface area contributed by atoms with Crippen molar-refractivity contribution in [2.45, 2.75) is 34.1 Å². The summed E-state index contributed by atoms with van der Waals surface area (Å²) in [7, 11) is 1.36. The van der Waals surface area contributed by atoms with Crippen LogP contribution in [0.3, 0.4) is 0 Å². The van der Waals surface area contributed by atoms with Crippen LogP contribution in [0.4, 0.5) is 0 Å². The molecule has 0 spiro atoms. The number of carbonyl (C=O) groups excluding carboxylic acids is 2. The van der Waals surface area contributed by atoms with Gasteiger partial charge in [-0.2, -0.15) is 0 Å². The van der Waals surface area contributed by atoms with E-state index in [2.05, 4.69) is 23.6 Å². The van der Waals surface area contributed by atoms with E-state index in [-0.39, 0.29) is 18.3 Å². The van der Waals surface area contributed by atoms with E-state index in [1.807, 2.05) is 32.0 Å². The van der Waals surface area contributed by atoms with Crippen molar-refractivity contribution in [2.75, 3.05) is 20.2 Å². The molecule has 0 fully saturated rings. The zero-order chi connectivity index (χ0) is 17.9. The molecule has 0 aliphatic heterocycles. The van der Waals surface area contributed by atoms with Crippen molar-refractivity contribution in [3.05, 3.63) is 35.0 Å². The number of carbonyl (C=O) groups is 2. The van der Waals surface area contributed by atoms with E-state index >= 15 is 0 Å². The molecule has 1 aromatic carbocycles. The van der Waals surface area contributed by atoms with E-state index < -0.39 is 0 Å². The molecule has 0 atom stereocenters. The van der Waals surface area contributed by atoms with Crippen molar-refractivity contribution in [3.63, 3.8) is 0 Å². The summed E-state index contributed by atoms with van der Waals surface area (Å²) < 4.78 is 4.69. The molecule has 1 N–H and O–H groups in total. The average molecular weight is 330 g/mol. The second kappa shape index (κ2) is 7.51. The fourth-order valence-corrected chi connectivity index (χ4v) is 2.82. The predicted molar refractivity (Wildman–Crippen MR) is 95.1 cm³/mol. The van der Waals surface area contributed by atoms with Gasteiger partial charge in [-0.25, -0.2) is 0 Å². The van der Waals surface area contributed by atoms with Crippen LogP contribution in [0.15, 0.2) is 18.2 Å². The number of amides is 1. The van der Waals surface area contributed by atoms with Gasteiger partial charge in [0, 0.05) is 35.2 Å². The number of aromatic amines is 1. The number of H-pyrrole nitrogens is 1. The fraction of sp³-hybridized carbons (Fsp3) is 0.474. The highest BCUT2D eigenvalue weighted by molar-refractivity contribution is 5.99. The molecule has 0 unspecified atom stereocenters. The molecule has 2 aromatic rings. The van der Waals surface area contributed by atoms with Gasteiger partial charge in [-0.05, 0) is 43.5 Å². The number of nitrogens with zero attached hydrogens (tertiary/aromatic N) is 1. The summed E-state index contributed by atoms with van der Waals surface area (Å²) in [5.74, 6) is -0.0246. The van der Waals surface area contributed by atoms with Gasteiger partial charge in [0.15, 0.2) is 0 Å². The minimum atomic E-state index is -0.302. The Labute approximate surface area is 143 Å². The highest BCUT2D eigenvalue weighted by Gasteiger charge is 2.19. The van der Waals surface area contributed by atoms with Gasteiger partial charge in [0.2, 0.25) is 0 Å². The van der Waals surface area contributed by atoms with Crippen molar-refractivity contribution in [1.29, 1.82) is 0 Å². The first-order chi connectivity index (χ1) is 11.3. The molecule has 2 rings (SSSR count). The second-order valence-corrected chi connectivity index (χ2v) is 6.61. The SMILES string of the molecule is COC(=O)CCN(CC(C)C)C(=O)c1ccc2[nH]c(C)c(C)c2c1. The Kier molecular flexibility index (Phi) is 5.65. The van der Waals surface area contributed by atoms with Gasteiger partial charge in [-0.1, -0.05) is 13.8 Å². The number of methoxy groups -OCH3 is 1. The topological polar surface area (TPSA) is 62.4 Å². The average Bonchev–Trinajstić information content (AvgIpc) is 2.84. The van der Waals surface area contributed by atoms with Crippen molar-refractivity contribution in [2.24, 2.45) is 5.92 Å². The van der Waals surface area contributed by atoms with E-state index in [1.165, 1.54) is 7.11 Å². The lowest BCUT2D eigenvalue weighted by atomic mass is 10.1. The molecule has 0 radical (unpaired) electrons. The molecule has 5 heteroatoms. The third-order valence-electron chi connectivity index (χ3n) is 4.24. The predicted octanol–water partition coefficient (Wildman–Crippen LogP) is 3.45. The Morgan fingerprint density at radius 1 is 1.25 bits per heavy atom. The van der Waals surface area contributed by atoms with Crippen LogP contribution in [0, 0.1) is 19.8 Å². The Morgan fingerprint density at radius 2 is 1.96 bits per heavy atom. The van der Waals surface area contributed by atoms with Gasteiger partial charge in [0.1, 0.15) is 0 Å². The maximum atomic E-state index is 12.9. The van der Waals surface area contributed by atoms with Crippen LogP contribution in [0.2, 0.25) is 0 Å². The van der Waals surface area contributed by atoms with Crippen LogP contribution in [0.1, 0.15) is 41.9 Å². The van der Waals surface area contributed by atoms with Crippen LogP contribution in [-0.4, -0.2) is 42.0 Å². The molecule has 1 heterocycles. The number of hydrogen-bond donors (Lipinski definition) is 1. The number of hydrogen-bond acceptors (Lipinski definition) is 3. The van der Waals surface area contributed by atoms with Crippen LogP contribution < -0.4 is 0 Å². The number of benzene rings is 1. The maximum Gasteiger partial charge on any atom is 0.307 e. The summed E-state index contributed by atoms with van der Waals surface area (Å²) in [4.78, 5) is 29.4. The fourth-order valence-electron chi connectivity index (χ4n) is 2.82. The Bertz CT molecular complexity index is 746. The lowest BCUT2D eigenvalue weighted by Gasteiger charge is -2.24. The standard InChI is InChI=1S/C19H26N2O3/c1-12(2)11-21(9-8-18(22)24-5)19(23)15-6-7-17-16(10-15)13(3)14(4)20-17/h6-7,10,12,20H,8-9,11H2,1-5H3. The molecular formula is C19H26N2O3. The molecule has 24 heavy (non-hydrogen) atoms. The van der Waals surface area contributed by atoms with E-state index in [1.54, 1.807) is 4.90 Å². The number of rotatable bonds is 6. The minimum Gasteiger partial charge on any atom is -0.469 e. The highest BCUT2D eigenvalue weighted by Crippen LogP contribution is 2.23. The third kappa shape index (κ3) is 3.96. The molecule has 0 aliphatic carbocycles. The summed E-state index contributed by atoms with van der Waals surface area (Å²) >= 11 is 0. The molecule has 0 bridgehead atoms. The lowest BCUT2D eigenvalue weighted by Crippen LogP contribution is -2.36. The number of esters is 1. The lowest BCUT2D eigenvalue weighted by molar-refractivity contribution is -0.140. The third-order valence-corrected chi connectivity index (χ3v) is 4.24. The van der Waals surface area contributed by atoms with E-state index in [4.69, 9.17) is 0 Å². The zero-order valence-electron chi connectivity index (χ0n) is 15.1. The van der Waals surface area contributed by atoms with Gasteiger partial charge in [-0.3, -0.25) is 9.59 Å². The largest absolute Gasteiger partial charge is 0.469 e. The van der Waals surface area contributed by atoms with Crippen LogP contribution in [0.5, 0.6) is 0 Å². The first kappa shape index (κ1) is 18.0. The monoisotopic (exact) mass is 330 g/mol. The Morgan fingerprint density at radius 3 is 2.58 bits per heavy atom. The summed E-state index contributed by atoms with van der Waals surface area (Å²) in [6.45, 7) is 9.16. The summed E-state index contributed by atoms with van der Waals surface area (Å²) in [6.07, 6.45) is 0.208. The van der Waals surface area contributed by atoms with Gasteiger partial charge < -0.3 is 14.6 Å². The van der Waals surface area contributed by atoms with Gasteiger partial charge in [0.05, 0.1) is 13.5 Å². The van der Waals surface area contributed by atoms with Crippen molar-refractivity contribution >= 4 is 22.8 Å². The molecule has 1 aromatic heterocycles. The van der Waals surface area contributed by atoms with Crippen molar-refractivity contribution in [1.82, 2.24) is 9.88 Å². The Hall–Kier alpha value is -2.30. The number of nitrogens with one attached hydrogen (secondary N) is 1. The first-order valence-corrected chi connectivity index (χ1v) is 8.28. The molecule has 1 amide bonds. The van der Waals surface area contributed by atoms with Gasteiger partial charge in [-0.15, -0.1) is 0 Å². The molecule has 130 valence electrons. The smallest absolute Gasteiger partial charge is 0.307 e. The van der Waals surface area contributed by atoms with Crippen molar-refractivity contribution in [3.8, 4) is 0 Å². The van der Waals surface area contributed by atoms with Crippen LogP contribution >= 0.6 is 0 Å². The number of fused-ring (bicyclic) bond motifs is 1. The van der Waals surface area contributed by atoms with Crippen LogP contribution in [0.25, 0.3) is 10.9 Å². The molecule has 0 aliphatic rings.